The number of hydrogen-bond acceptors (Lipinski definition) is 2. The average molecular weight is 351 g/mol. The molecule has 0 heterocycles. The lowest BCUT2D eigenvalue weighted by atomic mass is 10.2. The van der Waals surface area contributed by atoms with Crippen molar-refractivity contribution in [2.24, 2.45) is 0 Å². The van der Waals surface area contributed by atoms with E-state index >= 15 is 0 Å². The summed E-state index contributed by atoms with van der Waals surface area (Å²) >= 11 is 12.1. The van der Waals surface area contributed by atoms with Crippen molar-refractivity contribution in [1.82, 2.24) is 0 Å². The van der Waals surface area contributed by atoms with Gasteiger partial charge in [0.05, 0.1) is 10.7 Å². The second-order valence-electron chi connectivity index (χ2n) is 5.02. The van der Waals surface area contributed by atoms with Gasteiger partial charge in [-0.1, -0.05) is 41.4 Å². The van der Waals surface area contributed by atoms with Gasteiger partial charge in [0.15, 0.2) is 0 Å². The van der Waals surface area contributed by atoms with Crippen LogP contribution in [0.2, 0.25) is 10.0 Å². The van der Waals surface area contributed by atoms with E-state index in [4.69, 9.17) is 23.2 Å². The molecule has 0 atom stereocenters. The quantitative estimate of drug-likeness (QED) is 0.893. The monoisotopic (exact) mass is 350 g/mol. The highest BCUT2D eigenvalue weighted by atomic mass is 35.5. The lowest BCUT2D eigenvalue weighted by Gasteiger charge is -2.22. The Morgan fingerprint density at radius 2 is 1.70 bits per heavy atom. The van der Waals surface area contributed by atoms with Crippen LogP contribution in [-0.4, -0.2) is 18.4 Å². The van der Waals surface area contributed by atoms with Crippen LogP contribution in [0, 0.1) is 6.92 Å². The van der Waals surface area contributed by atoms with E-state index in [1.165, 1.54) is 11.8 Å². The fraction of sp³-hybridized carbons (Fsp3) is 0.176. The Labute approximate surface area is 145 Å². The molecule has 2 amide bonds. The Morgan fingerprint density at radius 3 is 2.35 bits per heavy atom. The summed E-state index contributed by atoms with van der Waals surface area (Å²) in [5.41, 5.74) is 1.89. The minimum atomic E-state index is -0.328. The van der Waals surface area contributed by atoms with Crippen LogP contribution in [0.3, 0.4) is 0 Å². The van der Waals surface area contributed by atoms with Crippen molar-refractivity contribution in [3.8, 4) is 0 Å². The summed E-state index contributed by atoms with van der Waals surface area (Å²) < 4.78 is 0. The smallest absolute Gasteiger partial charge is 0.244 e. The molecule has 0 bridgehead atoms. The molecule has 0 aliphatic carbocycles. The van der Waals surface area contributed by atoms with Crippen molar-refractivity contribution in [1.29, 1.82) is 0 Å². The predicted octanol–water partition coefficient (Wildman–Crippen LogP) is 4.29. The number of rotatable bonds is 4. The minimum absolute atomic E-state index is 0.134. The number of nitrogens with one attached hydrogen (secondary N) is 1. The molecule has 0 saturated carbocycles. The summed E-state index contributed by atoms with van der Waals surface area (Å²) in [6, 6.07) is 12.1. The van der Waals surface area contributed by atoms with Crippen molar-refractivity contribution in [3.05, 3.63) is 58.1 Å². The van der Waals surface area contributed by atoms with E-state index in [0.717, 1.165) is 5.56 Å². The third-order valence-corrected chi connectivity index (χ3v) is 4.10. The Hall–Kier alpha value is -2.04. The minimum Gasteiger partial charge on any atom is -0.324 e. The summed E-state index contributed by atoms with van der Waals surface area (Å²) in [6.07, 6.45) is 0. The molecule has 0 spiro atoms. The van der Waals surface area contributed by atoms with Gasteiger partial charge in [0.1, 0.15) is 6.54 Å². The lowest BCUT2D eigenvalue weighted by molar-refractivity contribution is -0.120. The third kappa shape index (κ3) is 4.24. The zero-order valence-corrected chi connectivity index (χ0v) is 14.3. The number of nitrogens with zero attached hydrogens (tertiary/aromatic N) is 1. The number of benzene rings is 2. The van der Waals surface area contributed by atoms with E-state index < -0.39 is 0 Å². The maximum absolute atomic E-state index is 12.3. The van der Waals surface area contributed by atoms with Gasteiger partial charge in [-0.3, -0.25) is 9.59 Å². The number of hydrogen-bond donors (Lipinski definition) is 1. The lowest BCUT2D eigenvalue weighted by Crippen LogP contribution is -2.37. The molecule has 23 heavy (non-hydrogen) atoms. The second-order valence-corrected chi connectivity index (χ2v) is 5.83. The Kier molecular flexibility index (Phi) is 5.64. The highest BCUT2D eigenvalue weighted by Gasteiger charge is 2.18. The van der Waals surface area contributed by atoms with Crippen LogP contribution < -0.4 is 10.2 Å². The molecule has 6 heteroatoms. The zero-order valence-electron chi connectivity index (χ0n) is 12.8. The van der Waals surface area contributed by atoms with Gasteiger partial charge >= 0.3 is 0 Å². The van der Waals surface area contributed by atoms with Gasteiger partial charge in [-0.2, -0.15) is 0 Å². The SMILES string of the molecule is CC(=O)N(CC(=O)Nc1cccc(Cl)c1C)c1ccccc1Cl. The van der Waals surface area contributed by atoms with Gasteiger partial charge in [-0.15, -0.1) is 0 Å². The molecule has 2 aromatic carbocycles. The number of halogens is 2. The normalized spacial score (nSPS) is 10.3. The van der Waals surface area contributed by atoms with Crippen molar-refractivity contribution >= 4 is 46.4 Å². The summed E-state index contributed by atoms with van der Waals surface area (Å²) in [5.74, 6) is -0.596. The Balaban J connectivity index is 2.18. The van der Waals surface area contributed by atoms with E-state index in [2.05, 4.69) is 5.32 Å². The maximum Gasteiger partial charge on any atom is 0.244 e. The van der Waals surface area contributed by atoms with Crippen LogP contribution in [0.5, 0.6) is 0 Å². The van der Waals surface area contributed by atoms with Crippen LogP contribution >= 0.6 is 23.2 Å². The molecule has 1 N–H and O–H groups in total. The van der Waals surface area contributed by atoms with E-state index in [9.17, 15) is 9.59 Å². The van der Waals surface area contributed by atoms with Crippen LogP contribution in [0.15, 0.2) is 42.5 Å². The van der Waals surface area contributed by atoms with E-state index in [1.54, 1.807) is 42.5 Å². The van der Waals surface area contributed by atoms with Gasteiger partial charge in [0, 0.05) is 17.6 Å². The largest absolute Gasteiger partial charge is 0.324 e. The number of carbonyl (C=O) groups is 2. The Morgan fingerprint density at radius 1 is 1.04 bits per heavy atom. The van der Waals surface area contributed by atoms with Crippen molar-refractivity contribution in [2.75, 3.05) is 16.8 Å². The molecule has 0 fully saturated rings. The van der Waals surface area contributed by atoms with Crippen LogP contribution in [0.4, 0.5) is 11.4 Å². The molecule has 120 valence electrons. The van der Waals surface area contributed by atoms with Crippen molar-refractivity contribution in [2.45, 2.75) is 13.8 Å². The first-order valence-electron chi connectivity index (χ1n) is 6.97. The molecule has 4 nitrogen and oxygen atoms in total. The van der Waals surface area contributed by atoms with Crippen LogP contribution in [0.25, 0.3) is 0 Å². The van der Waals surface area contributed by atoms with E-state index in [1.807, 2.05) is 6.92 Å². The first-order valence-corrected chi connectivity index (χ1v) is 7.73. The maximum atomic E-state index is 12.3. The molecule has 2 rings (SSSR count). The van der Waals surface area contributed by atoms with Gasteiger partial charge in [-0.25, -0.2) is 0 Å². The summed E-state index contributed by atoms with van der Waals surface area (Å²) in [6.45, 7) is 3.07. The molecule has 0 saturated heterocycles. The topological polar surface area (TPSA) is 49.4 Å². The number of anilines is 2. The predicted molar refractivity (Wildman–Crippen MR) is 94.3 cm³/mol. The highest BCUT2D eigenvalue weighted by Crippen LogP contribution is 2.26. The molecule has 0 aromatic heterocycles. The summed E-state index contributed by atoms with van der Waals surface area (Å²) in [7, 11) is 0. The fourth-order valence-corrected chi connectivity index (χ4v) is 2.53. The molecule has 0 unspecified atom stereocenters. The third-order valence-electron chi connectivity index (χ3n) is 3.37. The highest BCUT2D eigenvalue weighted by molar-refractivity contribution is 6.34. The fourth-order valence-electron chi connectivity index (χ4n) is 2.11. The Bertz CT molecular complexity index is 747. The van der Waals surface area contributed by atoms with E-state index in [0.29, 0.717) is 21.4 Å². The molecule has 2 aromatic rings. The van der Waals surface area contributed by atoms with E-state index in [-0.39, 0.29) is 18.4 Å². The van der Waals surface area contributed by atoms with Crippen LogP contribution in [0.1, 0.15) is 12.5 Å². The number of para-hydroxylation sites is 1. The molecular weight excluding hydrogens is 335 g/mol. The molecule has 0 aliphatic heterocycles. The number of amides is 2. The van der Waals surface area contributed by atoms with Crippen LogP contribution in [-0.2, 0) is 9.59 Å². The van der Waals surface area contributed by atoms with Gasteiger partial charge < -0.3 is 10.2 Å². The summed E-state index contributed by atoms with van der Waals surface area (Å²) in [5, 5.41) is 3.74. The molecule has 0 radical (unpaired) electrons. The zero-order chi connectivity index (χ0) is 17.0. The number of carbonyl (C=O) groups excluding carboxylic acids is 2. The first-order chi connectivity index (χ1) is 10.9. The van der Waals surface area contributed by atoms with Gasteiger partial charge in [0.2, 0.25) is 11.8 Å². The van der Waals surface area contributed by atoms with Crippen molar-refractivity contribution in [3.63, 3.8) is 0 Å². The van der Waals surface area contributed by atoms with Crippen molar-refractivity contribution < 1.29 is 9.59 Å². The average Bonchev–Trinajstić information content (AvgIpc) is 2.50. The first kappa shape index (κ1) is 17.3. The second kappa shape index (κ2) is 7.49. The van der Waals surface area contributed by atoms with Gasteiger partial charge in [-0.05, 0) is 36.8 Å². The van der Waals surface area contributed by atoms with Gasteiger partial charge in [0.25, 0.3) is 0 Å². The summed E-state index contributed by atoms with van der Waals surface area (Å²) in [4.78, 5) is 25.5. The molecule has 0 aliphatic rings. The standard InChI is InChI=1S/C17H16Cl2N2O2/c1-11-13(18)7-5-8-15(11)20-17(23)10-21(12(2)22)16-9-4-3-6-14(16)19/h3-9H,10H2,1-2H3,(H,20,23). The molecular formula is C17H16Cl2N2O2.